The maximum atomic E-state index is 12.9. The van der Waals surface area contributed by atoms with E-state index in [0.29, 0.717) is 18.5 Å². The summed E-state index contributed by atoms with van der Waals surface area (Å²) in [4.78, 5) is 12.2. The number of halogens is 1. The normalized spacial score (nSPS) is 14.0. The number of amides is 1. The first-order chi connectivity index (χ1) is 10.6. The van der Waals surface area contributed by atoms with Gasteiger partial charge < -0.3 is 5.11 Å². The molecule has 2 aromatic carbocycles. The van der Waals surface area contributed by atoms with E-state index in [1.54, 1.807) is 36.4 Å². The monoisotopic (exact) mass is 298 g/mol. The molecule has 1 amide bonds. The Kier molecular flexibility index (Phi) is 3.87. The van der Waals surface area contributed by atoms with E-state index in [0.717, 1.165) is 11.3 Å². The number of benzene rings is 2. The van der Waals surface area contributed by atoms with Crippen LogP contribution in [0.1, 0.15) is 17.5 Å². The van der Waals surface area contributed by atoms with Gasteiger partial charge in [0.2, 0.25) is 5.91 Å². The molecule has 3 rings (SSSR count). The average molecular weight is 298 g/mol. The minimum atomic E-state index is -0.296. The van der Waals surface area contributed by atoms with Crippen LogP contribution in [0.3, 0.4) is 0 Å². The van der Waals surface area contributed by atoms with Gasteiger partial charge in [-0.3, -0.25) is 4.79 Å². The summed E-state index contributed by atoms with van der Waals surface area (Å²) in [5, 5.41) is 15.4. The second kappa shape index (κ2) is 5.97. The van der Waals surface area contributed by atoms with Crippen molar-refractivity contribution in [3.05, 3.63) is 65.5 Å². The standard InChI is InChI=1S/C17H15FN2O2/c18-14-7-5-12(6-8-14)15-9-10-20(19-15)17(22)11-13-3-1-2-4-16(13)21/h1-8,21H,9-11H2. The van der Waals surface area contributed by atoms with Crippen LogP contribution >= 0.6 is 0 Å². The SMILES string of the molecule is O=C(Cc1ccccc1O)N1CCC(c2ccc(F)cc2)=N1. The number of aromatic hydroxyl groups is 1. The molecule has 0 spiro atoms. The van der Waals surface area contributed by atoms with Crippen molar-refractivity contribution in [2.75, 3.05) is 6.54 Å². The van der Waals surface area contributed by atoms with Crippen LogP contribution < -0.4 is 0 Å². The molecule has 1 aliphatic rings. The molecule has 0 bridgehead atoms. The van der Waals surface area contributed by atoms with Gasteiger partial charge in [-0.15, -0.1) is 0 Å². The van der Waals surface area contributed by atoms with Crippen LogP contribution in [0.5, 0.6) is 5.75 Å². The van der Waals surface area contributed by atoms with Gasteiger partial charge >= 0.3 is 0 Å². The molecule has 0 unspecified atom stereocenters. The lowest BCUT2D eigenvalue weighted by molar-refractivity contribution is -0.130. The lowest BCUT2D eigenvalue weighted by Crippen LogP contribution is -2.25. The molecule has 0 saturated heterocycles. The van der Waals surface area contributed by atoms with E-state index in [4.69, 9.17) is 0 Å². The van der Waals surface area contributed by atoms with Crippen molar-refractivity contribution in [2.45, 2.75) is 12.8 Å². The summed E-state index contributed by atoms with van der Waals surface area (Å²) in [6.07, 6.45) is 0.741. The number of hydrazone groups is 1. The highest BCUT2D eigenvalue weighted by atomic mass is 19.1. The van der Waals surface area contributed by atoms with E-state index >= 15 is 0 Å². The molecule has 0 aliphatic carbocycles. The molecule has 1 heterocycles. The summed E-state index contributed by atoms with van der Waals surface area (Å²) in [5.41, 5.74) is 2.17. The summed E-state index contributed by atoms with van der Waals surface area (Å²) in [6.45, 7) is 0.499. The third-order valence-electron chi connectivity index (χ3n) is 3.60. The zero-order chi connectivity index (χ0) is 15.5. The molecule has 5 heteroatoms. The van der Waals surface area contributed by atoms with Crippen molar-refractivity contribution in [3.63, 3.8) is 0 Å². The highest BCUT2D eigenvalue weighted by molar-refractivity contribution is 6.02. The highest BCUT2D eigenvalue weighted by Gasteiger charge is 2.22. The van der Waals surface area contributed by atoms with Crippen LogP contribution in [-0.4, -0.2) is 28.3 Å². The van der Waals surface area contributed by atoms with E-state index in [9.17, 15) is 14.3 Å². The molecular formula is C17H15FN2O2. The first-order valence-corrected chi connectivity index (χ1v) is 7.04. The van der Waals surface area contributed by atoms with E-state index in [-0.39, 0.29) is 23.9 Å². The Morgan fingerprint density at radius 2 is 1.91 bits per heavy atom. The Labute approximate surface area is 127 Å². The molecule has 0 atom stereocenters. The fourth-order valence-electron chi connectivity index (χ4n) is 2.40. The van der Waals surface area contributed by atoms with Crippen LogP contribution in [0, 0.1) is 5.82 Å². The van der Waals surface area contributed by atoms with Gasteiger partial charge in [-0.1, -0.05) is 30.3 Å². The maximum absolute atomic E-state index is 12.9. The third kappa shape index (κ3) is 2.98. The van der Waals surface area contributed by atoms with Crippen molar-refractivity contribution in [1.82, 2.24) is 5.01 Å². The minimum Gasteiger partial charge on any atom is -0.508 e. The van der Waals surface area contributed by atoms with Crippen molar-refractivity contribution in [3.8, 4) is 5.75 Å². The number of hydrogen-bond acceptors (Lipinski definition) is 3. The van der Waals surface area contributed by atoms with E-state index in [1.165, 1.54) is 17.1 Å². The first-order valence-electron chi connectivity index (χ1n) is 7.04. The van der Waals surface area contributed by atoms with Gasteiger partial charge in [0, 0.05) is 12.0 Å². The molecule has 0 radical (unpaired) electrons. The Morgan fingerprint density at radius 1 is 1.18 bits per heavy atom. The van der Waals surface area contributed by atoms with Crippen LogP contribution in [0.15, 0.2) is 53.6 Å². The first kappa shape index (κ1) is 14.3. The number of rotatable bonds is 3. The van der Waals surface area contributed by atoms with E-state index in [2.05, 4.69) is 5.10 Å². The average Bonchev–Trinajstić information content (AvgIpc) is 3.00. The smallest absolute Gasteiger partial charge is 0.247 e. The summed E-state index contributed by atoms with van der Waals surface area (Å²) in [7, 11) is 0. The van der Waals surface area contributed by atoms with Gasteiger partial charge in [0.1, 0.15) is 11.6 Å². The zero-order valence-electron chi connectivity index (χ0n) is 11.9. The molecule has 0 saturated carbocycles. The zero-order valence-corrected chi connectivity index (χ0v) is 11.9. The maximum Gasteiger partial charge on any atom is 0.247 e. The van der Waals surface area contributed by atoms with Crippen molar-refractivity contribution >= 4 is 11.6 Å². The number of para-hydroxylation sites is 1. The summed E-state index contributed by atoms with van der Waals surface area (Å²) in [5.74, 6) is -0.355. The number of hydrogen-bond donors (Lipinski definition) is 1. The summed E-state index contributed by atoms with van der Waals surface area (Å²) in [6, 6.07) is 12.8. The molecule has 112 valence electrons. The molecule has 2 aromatic rings. The molecule has 4 nitrogen and oxygen atoms in total. The summed E-state index contributed by atoms with van der Waals surface area (Å²) >= 11 is 0. The van der Waals surface area contributed by atoms with Crippen LogP contribution in [0.2, 0.25) is 0 Å². The fraction of sp³-hybridized carbons (Fsp3) is 0.176. The van der Waals surface area contributed by atoms with Crippen molar-refractivity contribution < 1.29 is 14.3 Å². The third-order valence-corrected chi connectivity index (χ3v) is 3.60. The molecular weight excluding hydrogens is 283 g/mol. The van der Waals surface area contributed by atoms with Gasteiger partial charge in [-0.25, -0.2) is 9.40 Å². The van der Waals surface area contributed by atoms with Gasteiger partial charge in [0.05, 0.1) is 18.7 Å². The lowest BCUT2D eigenvalue weighted by atomic mass is 10.1. The Bertz CT molecular complexity index is 726. The Hall–Kier alpha value is -2.69. The van der Waals surface area contributed by atoms with Crippen LogP contribution in [0.25, 0.3) is 0 Å². The number of carbonyl (C=O) groups is 1. The van der Waals surface area contributed by atoms with Gasteiger partial charge in [0.25, 0.3) is 0 Å². The van der Waals surface area contributed by atoms with Gasteiger partial charge in [-0.05, 0) is 23.8 Å². The second-order valence-corrected chi connectivity index (χ2v) is 5.13. The molecule has 0 aromatic heterocycles. The van der Waals surface area contributed by atoms with E-state index in [1.807, 2.05) is 0 Å². The molecule has 1 aliphatic heterocycles. The van der Waals surface area contributed by atoms with E-state index < -0.39 is 0 Å². The number of phenols is 1. The van der Waals surface area contributed by atoms with Crippen molar-refractivity contribution in [1.29, 1.82) is 0 Å². The Morgan fingerprint density at radius 3 is 2.64 bits per heavy atom. The Balaban J connectivity index is 1.72. The highest BCUT2D eigenvalue weighted by Crippen LogP contribution is 2.19. The quantitative estimate of drug-likeness (QED) is 0.947. The number of nitrogens with zero attached hydrogens (tertiary/aromatic N) is 2. The van der Waals surface area contributed by atoms with Gasteiger partial charge in [-0.2, -0.15) is 5.10 Å². The topological polar surface area (TPSA) is 52.9 Å². The second-order valence-electron chi connectivity index (χ2n) is 5.13. The molecule has 0 fully saturated rings. The van der Waals surface area contributed by atoms with Crippen LogP contribution in [0.4, 0.5) is 4.39 Å². The molecule has 1 N–H and O–H groups in total. The number of phenolic OH excluding ortho intramolecular Hbond substituents is 1. The molecule has 22 heavy (non-hydrogen) atoms. The minimum absolute atomic E-state index is 0.104. The number of carbonyl (C=O) groups excluding carboxylic acids is 1. The predicted molar refractivity (Wildman–Crippen MR) is 81.1 cm³/mol. The van der Waals surface area contributed by atoms with Crippen molar-refractivity contribution in [2.24, 2.45) is 5.10 Å². The lowest BCUT2D eigenvalue weighted by Gasteiger charge is -2.11. The largest absolute Gasteiger partial charge is 0.508 e. The summed E-state index contributed by atoms with van der Waals surface area (Å²) < 4.78 is 12.9. The van der Waals surface area contributed by atoms with Gasteiger partial charge in [0.15, 0.2) is 0 Å². The van der Waals surface area contributed by atoms with Crippen LogP contribution in [-0.2, 0) is 11.2 Å². The fourth-order valence-corrected chi connectivity index (χ4v) is 2.40. The predicted octanol–water partition coefficient (Wildman–Crippen LogP) is 2.71.